The van der Waals surface area contributed by atoms with Gasteiger partial charge >= 0.3 is 0 Å². The molecule has 1 N–H and O–H groups in total. The molecule has 2 aromatic carbocycles. The van der Waals surface area contributed by atoms with Crippen LogP contribution in [0.2, 0.25) is 0 Å². The second-order valence-corrected chi connectivity index (χ2v) is 5.93. The van der Waals surface area contributed by atoms with Crippen LogP contribution in [0.25, 0.3) is 11.3 Å². The van der Waals surface area contributed by atoms with E-state index in [0.717, 1.165) is 20.5 Å². The van der Waals surface area contributed by atoms with Gasteiger partial charge in [-0.15, -0.1) is 0 Å². The Kier molecular flexibility index (Phi) is 4.24. The van der Waals surface area contributed by atoms with Crippen LogP contribution < -0.4 is 5.32 Å². The molecule has 1 aromatic heterocycles. The molecule has 3 rings (SSSR count). The van der Waals surface area contributed by atoms with Crippen LogP contribution in [0.3, 0.4) is 0 Å². The summed E-state index contributed by atoms with van der Waals surface area (Å²) in [4.78, 5) is 16.5. The first-order valence-corrected chi connectivity index (χ1v) is 7.80. The maximum atomic E-state index is 12.2. The number of benzene rings is 2. The lowest BCUT2D eigenvalue weighted by Gasteiger charge is -2.07. The van der Waals surface area contributed by atoms with E-state index in [9.17, 15) is 4.79 Å². The Hall–Kier alpha value is -2.15. The number of nitrogens with one attached hydrogen (secondary N) is 1. The SMILES string of the molecule is Cc1nc(-c2ccc(NC(=O)c3ccccc3I)cc2)co1. The first-order valence-electron chi connectivity index (χ1n) is 6.72. The molecular formula is C17H13IN2O2. The molecule has 4 nitrogen and oxygen atoms in total. The van der Waals surface area contributed by atoms with Crippen molar-refractivity contribution < 1.29 is 9.21 Å². The molecule has 0 atom stereocenters. The van der Waals surface area contributed by atoms with Gasteiger partial charge in [0.25, 0.3) is 5.91 Å². The van der Waals surface area contributed by atoms with Crippen molar-refractivity contribution >= 4 is 34.2 Å². The number of aromatic nitrogens is 1. The number of aryl methyl sites for hydroxylation is 1. The summed E-state index contributed by atoms with van der Waals surface area (Å²) < 4.78 is 6.13. The Morgan fingerprint density at radius 3 is 2.50 bits per heavy atom. The Balaban J connectivity index is 1.76. The first kappa shape index (κ1) is 14.8. The minimum Gasteiger partial charge on any atom is -0.449 e. The lowest BCUT2D eigenvalue weighted by atomic mass is 10.1. The van der Waals surface area contributed by atoms with Crippen molar-refractivity contribution in [2.75, 3.05) is 5.32 Å². The largest absolute Gasteiger partial charge is 0.449 e. The number of halogens is 1. The fraction of sp³-hybridized carbons (Fsp3) is 0.0588. The lowest BCUT2D eigenvalue weighted by molar-refractivity contribution is 0.102. The number of amides is 1. The van der Waals surface area contributed by atoms with E-state index in [0.29, 0.717) is 11.5 Å². The molecular weight excluding hydrogens is 391 g/mol. The van der Waals surface area contributed by atoms with E-state index in [-0.39, 0.29) is 5.91 Å². The summed E-state index contributed by atoms with van der Waals surface area (Å²) in [5, 5.41) is 2.90. The van der Waals surface area contributed by atoms with Gasteiger partial charge in [0.15, 0.2) is 5.89 Å². The molecule has 1 heterocycles. The average Bonchev–Trinajstić information content (AvgIpc) is 2.95. The molecule has 0 bridgehead atoms. The summed E-state index contributed by atoms with van der Waals surface area (Å²) in [7, 11) is 0. The fourth-order valence-electron chi connectivity index (χ4n) is 2.06. The maximum absolute atomic E-state index is 12.2. The van der Waals surface area contributed by atoms with E-state index in [1.165, 1.54) is 0 Å². The van der Waals surface area contributed by atoms with Gasteiger partial charge < -0.3 is 9.73 Å². The molecule has 0 fully saturated rings. The van der Waals surface area contributed by atoms with E-state index >= 15 is 0 Å². The number of oxazole rings is 1. The third-order valence-corrected chi connectivity index (χ3v) is 4.12. The zero-order valence-corrected chi connectivity index (χ0v) is 14.0. The maximum Gasteiger partial charge on any atom is 0.256 e. The molecule has 5 heteroatoms. The normalized spacial score (nSPS) is 10.5. The van der Waals surface area contributed by atoms with Gasteiger partial charge in [0, 0.05) is 21.7 Å². The highest BCUT2D eigenvalue weighted by Crippen LogP contribution is 2.21. The number of rotatable bonds is 3. The second kappa shape index (κ2) is 6.31. The van der Waals surface area contributed by atoms with Crippen molar-refractivity contribution in [3.05, 3.63) is 69.8 Å². The molecule has 1 amide bonds. The highest BCUT2D eigenvalue weighted by atomic mass is 127. The van der Waals surface area contributed by atoms with Crippen molar-refractivity contribution in [1.29, 1.82) is 0 Å². The number of hydrogen-bond donors (Lipinski definition) is 1. The summed E-state index contributed by atoms with van der Waals surface area (Å²) >= 11 is 2.15. The summed E-state index contributed by atoms with van der Waals surface area (Å²) in [5.41, 5.74) is 3.14. The van der Waals surface area contributed by atoms with Gasteiger partial charge in [-0.1, -0.05) is 24.3 Å². The fourth-order valence-corrected chi connectivity index (χ4v) is 2.70. The molecule has 0 radical (unpaired) electrons. The zero-order valence-electron chi connectivity index (χ0n) is 11.8. The zero-order chi connectivity index (χ0) is 15.5. The molecule has 0 saturated heterocycles. The summed E-state index contributed by atoms with van der Waals surface area (Å²) in [6.45, 7) is 1.81. The number of carbonyl (C=O) groups is 1. The quantitative estimate of drug-likeness (QED) is 0.654. The molecule has 3 aromatic rings. The Morgan fingerprint density at radius 2 is 1.86 bits per heavy atom. The minimum absolute atomic E-state index is 0.116. The van der Waals surface area contributed by atoms with E-state index in [1.807, 2.05) is 48.5 Å². The molecule has 22 heavy (non-hydrogen) atoms. The van der Waals surface area contributed by atoms with E-state index in [4.69, 9.17) is 4.42 Å². The van der Waals surface area contributed by atoms with Crippen LogP contribution in [-0.4, -0.2) is 10.9 Å². The molecule has 0 aliphatic heterocycles. The van der Waals surface area contributed by atoms with Crippen molar-refractivity contribution in [3.8, 4) is 11.3 Å². The van der Waals surface area contributed by atoms with Crippen LogP contribution in [0, 0.1) is 10.5 Å². The molecule has 0 aliphatic carbocycles. The van der Waals surface area contributed by atoms with Crippen molar-refractivity contribution in [3.63, 3.8) is 0 Å². The monoisotopic (exact) mass is 404 g/mol. The molecule has 0 aliphatic rings. The van der Waals surface area contributed by atoms with Gasteiger partial charge in [-0.25, -0.2) is 4.98 Å². The number of carbonyl (C=O) groups excluding carboxylic acids is 1. The van der Waals surface area contributed by atoms with Gasteiger partial charge in [-0.3, -0.25) is 4.79 Å². The highest BCUT2D eigenvalue weighted by Gasteiger charge is 2.10. The smallest absolute Gasteiger partial charge is 0.256 e. The predicted octanol–water partition coefficient (Wildman–Crippen LogP) is 4.51. The first-order chi connectivity index (χ1) is 10.6. The second-order valence-electron chi connectivity index (χ2n) is 4.76. The van der Waals surface area contributed by atoms with Crippen molar-refractivity contribution in [2.45, 2.75) is 6.92 Å². The summed E-state index contributed by atoms with van der Waals surface area (Å²) in [5.74, 6) is 0.515. The molecule has 110 valence electrons. The van der Waals surface area contributed by atoms with Crippen LogP contribution in [0.5, 0.6) is 0 Å². The molecule has 0 spiro atoms. The predicted molar refractivity (Wildman–Crippen MR) is 93.8 cm³/mol. The Bertz CT molecular complexity index is 810. The van der Waals surface area contributed by atoms with E-state index < -0.39 is 0 Å². The van der Waals surface area contributed by atoms with E-state index in [1.54, 1.807) is 13.2 Å². The number of hydrogen-bond acceptors (Lipinski definition) is 3. The topological polar surface area (TPSA) is 55.1 Å². The number of nitrogens with zero attached hydrogens (tertiary/aromatic N) is 1. The minimum atomic E-state index is -0.116. The van der Waals surface area contributed by atoms with Crippen molar-refractivity contribution in [1.82, 2.24) is 4.98 Å². The average molecular weight is 404 g/mol. The third-order valence-electron chi connectivity index (χ3n) is 3.18. The third kappa shape index (κ3) is 3.19. The van der Waals surface area contributed by atoms with Gasteiger partial charge in [0.1, 0.15) is 12.0 Å². The summed E-state index contributed by atoms with van der Waals surface area (Å²) in [6, 6.07) is 15.0. The van der Waals surface area contributed by atoms with Crippen LogP contribution >= 0.6 is 22.6 Å². The van der Waals surface area contributed by atoms with E-state index in [2.05, 4.69) is 32.9 Å². The standard InChI is InChI=1S/C17H13IN2O2/c1-11-19-16(10-22-11)12-6-8-13(9-7-12)20-17(21)14-4-2-3-5-15(14)18/h2-10H,1H3,(H,20,21). The van der Waals surface area contributed by atoms with Gasteiger partial charge in [-0.05, 0) is 46.9 Å². The highest BCUT2D eigenvalue weighted by molar-refractivity contribution is 14.1. The van der Waals surface area contributed by atoms with Gasteiger partial charge in [0.05, 0.1) is 5.56 Å². The van der Waals surface area contributed by atoms with Crippen molar-refractivity contribution in [2.24, 2.45) is 0 Å². The molecule has 0 unspecified atom stereocenters. The number of anilines is 1. The van der Waals surface area contributed by atoms with Gasteiger partial charge in [0.2, 0.25) is 0 Å². The Morgan fingerprint density at radius 1 is 1.14 bits per heavy atom. The molecule has 0 saturated carbocycles. The van der Waals surface area contributed by atoms with Crippen LogP contribution in [-0.2, 0) is 0 Å². The Labute approximate surface area is 141 Å². The lowest BCUT2D eigenvalue weighted by Crippen LogP contribution is -2.13. The van der Waals surface area contributed by atoms with Gasteiger partial charge in [-0.2, -0.15) is 0 Å². The van der Waals surface area contributed by atoms with Crippen LogP contribution in [0.4, 0.5) is 5.69 Å². The van der Waals surface area contributed by atoms with Crippen LogP contribution in [0.15, 0.2) is 59.2 Å². The summed E-state index contributed by atoms with van der Waals surface area (Å²) in [6.07, 6.45) is 1.62. The van der Waals surface area contributed by atoms with Crippen LogP contribution in [0.1, 0.15) is 16.2 Å².